The minimum absolute atomic E-state index is 0.0792. The molecule has 4 rings (SSSR count). The number of nitrogens with two attached hydrogens (primary N) is 1. The van der Waals surface area contributed by atoms with E-state index < -0.39 is 6.09 Å². The first-order chi connectivity index (χ1) is 16.9. The fourth-order valence-corrected chi connectivity index (χ4v) is 3.68. The van der Waals surface area contributed by atoms with Crippen LogP contribution in [0, 0.1) is 0 Å². The molecular weight excluding hydrogens is 452 g/mol. The number of amides is 2. The first-order valence-electron chi connectivity index (χ1n) is 11.3. The molecule has 1 aliphatic rings. The normalized spacial score (nSPS) is 13.8. The van der Waals surface area contributed by atoms with Crippen LogP contribution in [-0.4, -0.2) is 74.4 Å². The van der Waals surface area contributed by atoms with Gasteiger partial charge in [-0.05, 0) is 37.6 Å². The number of carbonyl (C=O) groups is 2. The molecule has 0 aliphatic carbocycles. The summed E-state index contributed by atoms with van der Waals surface area (Å²) < 4.78 is 6.30. The number of hydrogen-bond acceptors (Lipinski definition) is 10. The molecule has 1 fully saturated rings. The molecule has 1 saturated heterocycles. The van der Waals surface area contributed by atoms with Gasteiger partial charge in [0, 0.05) is 50.5 Å². The Balaban J connectivity index is 1.45. The van der Waals surface area contributed by atoms with Crippen LogP contribution in [-0.2, 0) is 9.53 Å². The molecule has 0 atom stereocenters. The molecule has 0 unspecified atom stereocenters. The van der Waals surface area contributed by atoms with Crippen LogP contribution in [0.4, 0.5) is 33.9 Å². The standard InChI is InChI=1S/C22H28N10O3/c1-3-35-22(34)27-17-7-5-16(6-8-17)26-21-28-20(23)32(29-21)19-13-18(24-14-25-19)31-10-4-9-30(11-12-31)15(2)33/h5-8,13-14H,3-4,9-12H2,1-2H3,(H,27,34)(H3,23,26,28,29). The Bertz CT molecular complexity index is 1180. The molecule has 35 heavy (non-hydrogen) atoms. The van der Waals surface area contributed by atoms with Gasteiger partial charge in [-0.25, -0.2) is 14.8 Å². The minimum Gasteiger partial charge on any atom is -0.450 e. The summed E-state index contributed by atoms with van der Waals surface area (Å²) in [4.78, 5) is 40.2. The van der Waals surface area contributed by atoms with Crippen LogP contribution >= 0.6 is 0 Å². The Hall–Kier alpha value is -4.42. The highest BCUT2D eigenvalue weighted by atomic mass is 16.5. The second-order valence-corrected chi connectivity index (χ2v) is 7.83. The summed E-state index contributed by atoms with van der Waals surface area (Å²) in [6.07, 6.45) is 1.80. The van der Waals surface area contributed by atoms with E-state index in [-0.39, 0.29) is 11.9 Å². The average molecular weight is 481 g/mol. The lowest BCUT2D eigenvalue weighted by molar-refractivity contribution is -0.128. The summed E-state index contributed by atoms with van der Waals surface area (Å²) in [5.74, 6) is 1.75. The smallest absolute Gasteiger partial charge is 0.411 e. The molecule has 3 aromatic rings. The predicted molar refractivity (Wildman–Crippen MR) is 131 cm³/mol. The summed E-state index contributed by atoms with van der Waals surface area (Å²) >= 11 is 0. The number of hydrogen-bond donors (Lipinski definition) is 3. The van der Waals surface area contributed by atoms with Crippen molar-refractivity contribution in [1.82, 2.24) is 29.6 Å². The fourth-order valence-electron chi connectivity index (χ4n) is 3.68. The Morgan fingerprint density at radius 3 is 2.54 bits per heavy atom. The van der Waals surface area contributed by atoms with Gasteiger partial charge in [0.15, 0.2) is 5.82 Å². The zero-order valence-electron chi connectivity index (χ0n) is 19.6. The van der Waals surface area contributed by atoms with Crippen molar-refractivity contribution in [3.63, 3.8) is 0 Å². The highest BCUT2D eigenvalue weighted by Gasteiger charge is 2.19. The maximum Gasteiger partial charge on any atom is 0.411 e. The predicted octanol–water partition coefficient (Wildman–Crippen LogP) is 2.01. The maximum absolute atomic E-state index is 11.7. The molecule has 3 heterocycles. The molecule has 13 nitrogen and oxygen atoms in total. The third-order valence-electron chi connectivity index (χ3n) is 5.42. The number of carbonyl (C=O) groups excluding carboxylic acids is 2. The third kappa shape index (κ3) is 5.93. The number of rotatable bonds is 6. The van der Waals surface area contributed by atoms with Crippen LogP contribution in [0.3, 0.4) is 0 Å². The van der Waals surface area contributed by atoms with Gasteiger partial charge in [-0.15, -0.1) is 5.10 Å². The Morgan fingerprint density at radius 1 is 1.06 bits per heavy atom. The number of benzene rings is 1. The van der Waals surface area contributed by atoms with Crippen molar-refractivity contribution < 1.29 is 14.3 Å². The van der Waals surface area contributed by atoms with Gasteiger partial charge in [-0.3, -0.25) is 10.1 Å². The van der Waals surface area contributed by atoms with E-state index in [4.69, 9.17) is 10.5 Å². The largest absolute Gasteiger partial charge is 0.450 e. The van der Waals surface area contributed by atoms with E-state index in [1.54, 1.807) is 44.2 Å². The van der Waals surface area contributed by atoms with E-state index in [1.165, 1.54) is 11.0 Å². The van der Waals surface area contributed by atoms with Gasteiger partial charge in [-0.2, -0.15) is 9.67 Å². The second-order valence-electron chi connectivity index (χ2n) is 7.83. The van der Waals surface area contributed by atoms with Gasteiger partial charge in [0.25, 0.3) is 0 Å². The van der Waals surface area contributed by atoms with Gasteiger partial charge in [0.2, 0.25) is 17.8 Å². The zero-order valence-corrected chi connectivity index (χ0v) is 19.6. The van der Waals surface area contributed by atoms with Gasteiger partial charge in [-0.1, -0.05) is 0 Å². The first-order valence-corrected chi connectivity index (χ1v) is 11.3. The van der Waals surface area contributed by atoms with Crippen LogP contribution < -0.4 is 21.3 Å². The third-order valence-corrected chi connectivity index (χ3v) is 5.42. The monoisotopic (exact) mass is 480 g/mol. The molecule has 2 amide bonds. The molecule has 13 heteroatoms. The molecule has 4 N–H and O–H groups in total. The van der Waals surface area contributed by atoms with E-state index in [0.717, 1.165) is 25.3 Å². The molecule has 1 aromatic carbocycles. The minimum atomic E-state index is -0.512. The van der Waals surface area contributed by atoms with Crippen molar-refractivity contribution in [2.24, 2.45) is 0 Å². The second kappa shape index (κ2) is 10.7. The topological polar surface area (TPSA) is 156 Å². The van der Waals surface area contributed by atoms with Crippen molar-refractivity contribution in [2.75, 3.05) is 54.1 Å². The van der Waals surface area contributed by atoms with E-state index in [0.29, 0.717) is 42.8 Å². The lowest BCUT2D eigenvalue weighted by Crippen LogP contribution is -2.33. The van der Waals surface area contributed by atoms with Gasteiger partial charge < -0.3 is 25.6 Å². The van der Waals surface area contributed by atoms with E-state index in [2.05, 4.69) is 35.6 Å². The van der Waals surface area contributed by atoms with Crippen LogP contribution in [0.2, 0.25) is 0 Å². The number of nitrogens with zero attached hydrogens (tertiary/aromatic N) is 7. The van der Waals surface area contributed by atoms with E-state index >= 15 is 0 Å². The number of aromatic nitrogens is 5. The fraction of sp³-hybridized carbons (Fsp3) is 0.364. The SMILES string of the molecule is CCOC(=O)Nc1ccc(Nc2nc(N)n(-c3cc(N4CCCN(C(C)=O)CC4)ncn3)n2)cc1. The molecule has 1 aliphatic heterocycles. The Labute approximate surface area is 202 Å². The molecule has 0 saturated carbocycles. The highest BCUT2D eigenvalue weighted by molar-refractivity contribution is 5.84. The van der Waals surface area contributed by atoms with Gasteiger partial charge in [0.1, 0.15) is 12.1 Å². The number of nitrogen functional groups attached to an aromatic ring is 1. The molecule has 0 bridgehead atoms. The summed E-state index contributed by atoms with van der Waals surface area (Å²) in [6.45, 7) is 6.46. The van der Waals surface area contributed by atoms with E-state index in [1.807, 2.05) is 4.90 Å². The molecule has 0 radical (unpaired) electrons. The van der Waals surface area contributed by atoms with Crippen molar-refractivity contribution in [1.29, 1.82) is 0 Å². The van der Waals surface area contributed by atoms with Crippen molar-refractivity contribution in [2.45, 2.75) is 20.3 Å². The molecular formula is C22H28N10O3. The number of anilines is 5. The van der Waals surface area contributed by atoms with Crippen molar-refractivity contribution in [3.8, 4) is 5.82 Å². The lowest BCUT2D eigenvalue weighted by atomic mass is 10.3. The summed E-state index contributed by atoms with van der Waals surface area (Å²) in [5, 5.41) is 10.1. The molecule has 2 aromatic heterocycles. The lowest BCUT2D eigenvalue weighted by Gasteiger charge is -2.22. The van der Waals surface area contributed by atoms with Crippen molar-refractivity contribution >= 4 is 41.1 Å². The number of ether oxygens (including phenoxy) is 1. The zero-order chi connectivity index (χ0) is 24.8. The van der Waals surface area contributed by atoms with Gasteiger partial charge >= 0.3 is 6.09 Å². The summed E-state index contributed by atoms with van der Waals surface area (Å²) in [7, 11) is 0. The highest BCUT2D eigenvalue weighted by Crippen LogP contribution is 2.21. The van der Waals surface area contributed by atoms with Crippen LogP contribution in [0.1, 0.15) is 20.3 Å². The van der Waals surface area contributed by atoms with Crippen LogP contribution in [0.15, 0.2) is 36.7 Å². The van der Waals surface area contributed by atoms with Gasteiger partial charge in [0.05, 0.1) is 6.61 Å². The van der Waals surface area contributed by atoms with Crippen LogP contribution in [0.5, 0.6) is 0 Å². The Kier molecular flexibility index (Phi) is 7.24. The Morgan fingerprint density at radius 2 is 1.80 bits per heavy atom. The van der Waals surface area contributed by atoms with Crippen molar-refractivity contribution in [3.05, 3.63) is 36.7 Å². The van der Waals surface area contributed by atoms with Crippen LogP contribution in [0.25, 0.3) is 5.82 Å². The first kappa shape index (κ1) is 23.7. The quantitative estimate of drug-likeness (QED) is 0.477. The maximum atomic E-state index is 11.7. The summed E-state index contributed by atoms with van der Waals surface area (Å²) in [6, 6.07) is 8.79. The molecule has 0 spiro atoms. The molecule has 184 valence electrons. The van der Waals surface area contributed by atoms with E-state index in [9.17, 15) is 9.59 Å². The average Bonchev–Trinajstić information content (AvgIpc) is 3.04. The summed E-state index contributed by atoms with van der Waals surface area (Å²) in [5.41, 5.74) is 7.41. The number of nitrogens with one attached hydrogen (secondary N) is 2.